The van der Waals surface area contributed by atoms with Gasteiger partial charge in [-0.1, -0.05) is 0 Å². The molecule has 1 aromatic heterocycles. The molecule has 3 rings (SSSR count). The van der Waals surface area contributed by atoms with Crippen molar-refractivity contribution >= 4 is 5.91 Å². The minimum Gasteiger partial charge on any atom is -0.356 e. The maximum absolute atomic E-state index is 11.9. The quantitative estimate of drug-likeness (QED) is 0.742. The van der Waals surface area contributed by atoms with Gasteiger partial charge in [0.25, 0.3) is 0 Å². The molecule has 1 N–H and O–H groups in total. The average Bonchev–Trinajstić information content (AvgIpc) is 3.05. The molecule has 22 heavy (non-hydrogen) atoms. The van der Waals surface area contributed by atoms with Crippen molar-refractivity contribution in [1.82, 2.24) is 20.1 Å². The van der Waals surface area contributed by atoms with Gasteiger partial charge in [-0.15, -0.1) is 12.3 Å². The van der Waals surface area contributed by atoms with E-state index < -0.39 is 0 Å². The van der Waals surface area contributed by atoms with Gasteiger partial charge in [0.05, 0.1) is 6.04 Å². The largest absolute Gasteiger partial charge is 0.356 e. The molecule has 1 saturated carbocycles. The average molecular weight is 300 g/mol. The Balaban J connectivity index is 1.29. The molecule has 1 fully saturated rings. The summed E-state index contributed by atoms with van der Waals surface area (Å²) in [4.78, 5) is 15.8. The molecular formula is C15H20N6O. The van der Waals surface area contributed by atoms with Crippen molar-refractivity contribution in [2.24, 2.45) is 16.1 Å². The van der Waals surface area contributed by atoms with E-state index in [1.807, 2.05) is 4.68 Å². The van der Waals surface area contributed by atoms with Crippen LogP contribution in [0.2, 0.25) is 0 Å². The van der Waals surface area contributed by atoms with Crippen molar-refractivity contribution in [2.75, 3.05) is 6.54 Å². The summed E-state index contributed by atoms with van der Waals surface area (Å²) in [5.74, 6) is 3.19. The van der Waals surface area contributed by atoms with Crippen LogP contribution in [-0.4, -0.2) is 32.9 Å². The van der Waals surface area contributed by atoms with Crippen molar-refractivity contribution < 1.29 is 4.79 Å². The Hall–Kier alpha value is -2.23. The fraction of sp³-hybridized carbons (Fsp3) is 0.667. The summed E-state index contributed by atoms with van der Waals surface area (Å²) in [7, 11) is 0. The molecule has 0 atom stereocenters. The molecule has 0 unspecified atom stereocenters. The standard InChI is InChI=1S/C15H20N6O/c1-2-3-5-15(19-20-15)6-4-14(22)17-9-12-7-13(8-12)21-11-16-10-18-21/h1,10-13H,3-9H2,(H,17,22). The van der Waals surface area contributed by atoms with Crippen molar-refractivity contribution in [3.05, 3.63) is 12.7 Å². The number of rotatable bonds is 8. The van der Waals surface area contributed by atoms with Crippen molar-refractivity contribution in [2.45, 2.75) is 50.2 Å². The van der Waals surface area contributed by atoms with Crippen LogP contribution in [0.25, 0.3) is 0 Å². The van der Waals surface area contributed by atoms with E-state index >= 15 is 0 Å². The Morgan fingerprint density at radius 3 is 2.86 bits per heavy atom. The number of nitrogens with zero attached hydrogens (tertiary/aromatic N) is 5. The van der Waals surface area contributed by atoms with Crippen LogP contribution in [0, 0.1) is 18.3 Å². The maximum Gasteiger partial charge on any atom is 0.220 e. The van der Waals surface area contributed by atoms with Gasteiger partial charge in [-0.3, -0.25) is 4.79 Å². The molecule has 1 aliphatic carbocycles. The van der Waals surface area contributed by atoms with Crippen LogP contribution in [-0.2, 0) is 4.79 Å². The number of hydrogen-bond donors (Lipinski definition) is 1. The molecule has 1 aromatic rings. The van der Waals surface area contributed by atoms with Crippen LogP contribution in [0.15, 0.2) is 22.9 Å². The van der Waals surface area contributed by atoms with Crippen molar-refractivity contribution in [3.63, 3.8) is 0 Å². The molecule has 7 nitrogen and oxygen atoms in total. The second kappa shape index (κ2) is 6.26. The van der Waals surface area contributed by atoms with E-state index in [2.05, 4.69) is 31.5 Å². The first-order valence-electron chi connectivity index (χ1n) is 7.69. The third kappa shape index (κ3) is 3.50. The Morgan fingerprint density at radius 2 is 2.23 bits per heavy atom. The fourth-order valence-electron chi connectivity index (χ4n) is 2.82. The van der Waals surface area contributed by atoms with Gasteiger partial charge in [-0.25, -0.2) is 9.67 Å². The van der Waals surface area contributed by atoms with Crippen LogP contribution in [0.1, 0.15) is 44.6 Å². The zero-order chi connectivity index (χ0) is 15.4. The second-order valence-corrected chi connectivity index (χ2v) is 6.06. The lowest BCUT2D eigenvalue weighted by Gasteiger charge is -2.35. The maximum atomic E-state index is 11.9. The van der Waals surface area contributed by atoms with Gasteiger partial charge < -0.3 is 5.32 Å². The predicted molar refractivity (Wildman–Crippen MR) is 79.7 cm³/mol. The number of nitrogens with one attached hydrogen (secondary N) is 1. The predicted octanol–water partition coefficient (Wildman–Crippen LogP) is 1.70. The monoisotopic (exact) mass is 300 g/mol. The topological polar surface area (TPSA) is 84.5 Å². The number of carbonyl (C=O) groups excluding carboxylic acids is 1. The SMILES string of the molecule is C#CCCC1(CCC(=O)NCC2CC(n3cncn3)C2)N=N1. The van der Waals surface area contributed by atoms with E-state index in [4.69, 9.17) is 6.42 Å². The molecule has 1 amide bonds. The molecule has 7 heteroatoms. The molecule has 0 aromatic carbocycles. The third-order valence-electron chi connectivity index (χ3n) is 4.41. The molecule has 0 radical (unpaired) electrons. The smallest absolute Gasteiger partial charge is 0.220 e. The summed E-state index contributed by atoms with van der Waals surface area (Å²) in [5, 5.41) is 15.2. The summed E-state index contributed by atoms with van der Waals surface area (Å²) in [6.07, 6.45) is 13.1. The zero-order valence-corrected chi connectivity index (χ0v) is 12.5. The van der Waals surface area contributed by atoms with Crippen LogP contribution >= 0.6 is 0 Å². The van der Waals surface area contributed by atoms with E-state index in [-0.39, 0.29) is 11.6 Å². The Labute approximate surface area is 129 Å². The number of aromatic nitrogens is 3. The van der Waals surface area contributed by atoms with Gasteiger partial charge in [0.1, 0.15) is 12.7 Å². The van der Waals surface area contributed by atoms with Crippen LogP contribution in [0.4, 0.5) is 0 Å². The second-order valence-electron chi connectivity index (χ2n) is 6.06. The van der Waals surface area contributed by atoms with E-state index in [9.17, 15) is 4.79 Å². The Morgan fingerprint density at radius 1 is 1.41 bits per heavy atom. The highest BCUT2D eigenvalue weighted by atomic mass is 16.1. The number of terminal acetylenes is 1. The molecule has 116 valence electrons. The Kier molecular flexibility index (Phi) is 4.18. The Bertz CT molecular complexity index is 576. The van der Waals surface area contributed by atoms with E-state index in [0.717, 1.165) is 25.8 Å². The van der Waals surface area contributed by atoms with Gasteiger partial charge in [0.15, 0.2) is 5.66 Å². The van der Waals surface area contributed by atoms with Gasteiger partial charge >= 0.3 is 0 Å². The van der Waals surface area contributed by atoms with Gasteiger partial charge in [-0.2, -0.15) is 15.3 Å². The van der Waals surface area contributed by atoms with Gasteiger partial charge in [0, 0.05) is 32.2 Å². The normalized spacial score (nSPS) is 24.3. The summed E-state index contributed by atoms with van der Waals surface area (Å²) in [6.45, 7) is 0.732. The van der Waals surface area contributed by atoms with E-state index in [0.29, 0.717) is 31.2 Å². The highest BCUT2D eigenvalue weighted by Crippen LogP contribution is 2.38. The van der Waals surface area contributed by atoms with E-state index in [1.54, 1.807) is 12.7 Å². The molecule has 1 aliphatic heterocycles. The molecular weight excluding hydrogens is 280 g/mol. The first-order valence-corrected chi connectivity index (χ1v) is 7.69. The number of hydrogen-bond acceptors (Lipinski definition) is 5. The minimum absolute atomic E-state index is 0.0709. The molecule has 0 spiro atoms. The fourth-order valence-corrected chi connectivity index (χ4v) is 2.82. The third-order valence-corrected chi connectivity index (χ3v) is 4.41. The van der Waals surface area contributed by atoms with Crippen LogP contribution < -0.4 is 5.32 Å². The lowest BCUT2D eigenvalue weighted by Crippen LogP contribution is -2.37. The molecule has 2 aliphatic rings. The highest BCUT2D eigenvalue weighted by Gasteiger charge is 2.39. The summed E-state index contributed by atoms with van der Waals surface area (Å²) in [6, 6.07) is 0.431. The van der Waals surface area contributed by atoms with E-state index in [1.165, 1.54) is 0 Å². The number of carbonyl (C=O) groups is 1. The summed E-state index contributed by atoms with van der Waals surface area (Å²) >= 11 is 0. The molecule has 0 bridgehead atoms. The summed E-state index contributed by atoms with van der Waals surface area (Å²) in [5.41, 5.74) is -0.363. The summed E-state index contributed by atoms with van der Waals surface area (Å²) < 4.78 is 1.89. The van der Waals surface area contributed by atoms with Crippen LogP contribution in [0.5, 0.6) is 0 Å². The zero-order valence-electron chi connectivity index (χ0n) is 12.5. The lowest BCUT2D eigenvalue weighted by atomic mass is 9.80. The minimum atomic E-state index is -0.363. The van der Waals surface area contributed by atoms with Crippen LogP contribution in [0.3, 0.4) is 0 Å². The lowest BCUT2D eigenvalue weighted by molar-refractivity contribution is -0.121. The number of amides is 1. The molecule has 0 saturated heterocycles. The first-order chi connectivity index (χ1) is 10.7. The van der Waals surface area contributed by atoms with Crippen molar-refractivity contribution in [3.8, 4) is 12.3 Å². The first kappa shape index (κ1) is 14.7. The highest BCUT2D eigenvalue weighted by molar-refractivity contribution is 5.76. The molecule has 2 heterocycles. The van der Waals surface area contributed by atoms with Crippen molar-refractivity contribution in [1.29, 1.82) is 0 Å². The van der Waals surface area contributed by atoms with Gasteiger partial charge in [0.2, 0.25) is 5.91 Å². The van der Waals surface area contributed by atoms with Gasteiger partial charge in [-0.05, 0) is 18.8 Å².